The molecule has 0 saturated heterocycles. The molecular weight excluding hydrogens is 249 g/mol. The zero-order valence-electron chi connectivity index (χ0n) is 11.1. The van der Waals surface area contributed by atoms with Crippen LogP contribution in [0.3, 0.4) is 0 Å². The van der Waals surface area contributed by atoms with Crippen molar-refractivity contribution in [2.45, 2.75) is 51.9 Å². The van der Waals surface area contributed by atoms with Crippen molar-refractivity contribution in [1.82, 2.24) is 0 Å². The molecule has 18 heavy (non-hydrogen) atoms. The number of benzene rings is 1. The predicted octanol–water partition coefficient (Wildman–Crippen LogP) is 5.64. The topological polar surface area (TPSA) is 12.0 Å². The first-order chi connectivity index (χ1) is 8.74. The molecule has 1 N–H and O–H groups in total. The van der Waals surface area contributed by atoms with Gasteiger partial charge in [0, 0.05) is 11.6 Å². The molecule has 1 rings (SSSR count). The zero-order valence-corrected chi connectivity index (χ0v) is 11.9. The van der Waals surface area contributed by atoms with Gasteiger partial charge in [0.25, 0.3) is 0 Å². The second-order valence-corrected chi connectivity index (χ2v) is 5.11. The summed E-state index contributed by atoms with van der Waals surface area (Å²) in [5.74, 6) is -0.234. The normalized spacial score (nSPS) is 10.6. The summed E-state index contributed by atoms with van der Waals surface area (Å²) in [4.78, 5) is 0. The third kappa shape index (κ3) is 6.25. The van der Waals surface area contributed by atoms with Gasteiger partial charge in [-0.2, -0.15) is 0 Å². The maximum Gasteiger partial charge on any atom is 0.146 e. The highest BCUT2D eigenvalue weighted by molar-refractivity contribution is 6.30. The summed E-state index contributed by atoms with van der Waals surface area (Å²) >= 11 is 5.82. The SMILES string of the molecule is CCCCCCCCCNc1cc(Cl)ccc1F. The smallest absolute Gasteiger partial charge is 0.146 e. The van der Waals surface area contributed by atoms with Crippen LogP contribution in [0.25, 0.3) is 0 Å². The Hall–Kier alpha value is -0.760. The van der Waals surface area contributed by atoms with Crippen LogP contribution < -0.4 is 5.32 Å². The molecule has 0 bridgehead atoms. The Balaban J connectivity index is 2.09. The van der Waals surface area contributed by atoms with E-state index in [2.05, 4.69) is 12.2 Å². The number of hydrogen-bond donors (Lipinski definition) is 1. The molecule has 0 spiro atoms. The average Bonchev–Trinajstić information content (AvgIpc) is 2.36. The highest BCUT2D eigenvalue weighted by atomic mass is 35.5. The molecule has 1 aromatic carbocycles. The van der Waals surface area contributed by atoms with E-state index in [0.29, 0.717) is 10.7 Å². The lowest BCUT2D eigenvalue weighted by molar-refractivity contribution is 0.594. The van der Waals surface area contributed by atoms with E-state index in [0.717, 1.165) is 13.0 Å². The Morgan fingerprint density at radius 1 is 1.06 bits per heavy atom. The van der Waals surface area contributed by atoms with Crippen molar-refractivity contribution in [3.63, 3.8) is 0 Å². The van der Waals surface area contributed by atoms with Crippen molar-refractivity contribution in [2.75, 3.05) is 11.9 Å². The second-order valence-electron chi connectivity index (χ2n) is 4.67. The Kier molecular flexibility index (Phi) is 7.83. The number of nitrogens with one attached hydrogen (secondary N) is 1. The molecule has 0 aliphatic heterocycles. The largest absolute Gasteiger partial charge is 0.383 e. The number of hydrogen-bond acceptors (Lipinski definition) is 1. The van der Waals surface area contributed by atoms with Gasteiger partial charge >= 0.3 is 0 Å². The first-order valence-corrected chi connectivity index (χ1v) is 7.30. The molecule has 0 unspecified atom stereocenters. The van der Waals surface area contributed by atoms with Gasteiger partial charge in [-0.3, -0.25) is 0 Å². The summed E-state index contributed by atoms with van der Waals surface area (Å²) in [7, 11) is 0. The van der Waals surface area contributed by atoms with Crippen LogP contribution in [0.1, 0.15) is 51.9 Å². The van der Waals surface area contributed by atoms with Crippen LogP contribution in [0, 0.1) is 5.82 Å². The van der Waals surface area contributed by atoms with Gasteiger partial charge < -0.3 is 5.32 Å². The fourth-order valence-corrected chi connectivity index (χ4v) is 2.11. The quantitative estimate of drug-likeness (QED) is 0.573. The highest BCUT2D eigenvalue weighted by Crippen LogP contribution is 2.19. The summed E-state index contributed by atoms with van der Waals surface area (Å²) < 4.78 is 13.4. The fraction of sp³-hybridized carbons (Fsp3) is 0.600. The summed E-state index contributed by atoms with van der Waals surface area (Å²) in [6.07, 6.45) is 8.85. The molecule has 1 nitrogen and oxygen atoms in total. The number of unbranched alkanes of at least 4 members (excludes halogenated alkanes) is 6. The van der Waals surface area contributed by atoms with E-state index in [1.165, 1.54) is 44.6 Å². The summed E-state index contributed by atoms with van der Waals surface area (Å²) in [6, 6.07) is 4.60. The van der Waals surface area contributed by atoms with E-state index in [1.807, 2.05) is 0 Å². The summed E-state index contributed by atoms with van der Waals surface area (Å²) in [5, 5.41) is 3.66. The van der Waals surface area contributed by atoms with Crippen molar-refractivity contribution >= 4 is 17.3 Å². The van der Waals surface area contributed by atoms with Crippen LogP contribution in [0.2, 0.25) is 5.02 Å². The van der Waals surface area contributed by atoms with Crippen molar-refractivity contribution < 1.29 is 4.39 Å². The first-order valence-electron chi connectivity index (χ1n) is 6.93. The van der Waals surface area contributed by atoms with Crippen molar-refractivity contribution in [3.8, 4) is 0 Å². The maximum atomic E-state index is 13.4. The molecule has 0 aliphatic carbocycles. The second kappa shape index (κ2) is 9.21. The van der Waals surface area contributed by atoms with Crippen molar-refractivity contribution in [1.29, 1.82) is 0 Å². The van der Waals surface area contributed by atoms with E-state index in [-0.39, 0.29) is 5.82 Å². The molecule has 0 heterocycles. The lowest BCUT2D eigenvalue weighted by atomic mass is 10.1. The number of rotatable bonds is 9. The van der Waals surface area contributed by atoms with Gasteiger partial charge in [0.2, 0.25) is 0 Å². The van der Waals surface area contributed by atoms with E-state index in [9.17, 15) is 4.39 Å². The van der Waals surface area contributed by atoms with Gasteiger partial charge in [-0.05, 0) is 24.6 Å². The molecular formula is C15H23ClFN. The zero-order chi connectivity index (χ0) is 13.2. The minimum atomic E-state index is -0.234. The lowest BCUT2D eigenvalue weighted by Crippen LogP contribution is -2.03. The molecule has 3 heteroatoms. The molecule has 0 amide bonds. The molecule has 0 saturated carbocycles. The molecule has 0 aromatic heterocycles. The fourth-order valence-electron chi connectivity index (χ4n) is 1.94. The predicted molar refractivity (Wildman–Crippen MR) is 77.9 cm³/mol. The Bertz CT molecular complexity index is 341. The van der Waals surface area contributed by atoms with Crippen molar-refractivity contribution in [2.24, 2.45) is 0 Å². The molecule has 102 valence electrons. The summed E-state index contributed by atoms with van der Waals surface area (Å²) in [6.45, 7) is 3.04. The Morgan fingerprint density at radius 2 is 1.72 bits per heavy atom. The third-order valence-corrected chi connectivity index (χ3v) is 3.26. The summed E-state index contributed by atoms with van der Waals surface area (Å²) in [5.41, 5.74) is 0.508. The molecule has 0 atom stereocenters. The van der Waals surface area contributed by atoms with Gasteiger partial charge in [-0.25, -0.2) is 4.39 Å². The third-order valence-electron chi connectivity index (χ3n) is 3.02. The van der Waals surface area contributed by atoms with E-state index in [1.54, 1.807) is 12.1 Å². The molecule has 0 aliphatic rings. The van der Waals surface area contributed by atoms with Crippen LogP contribution in [-0.2, 0) is 0 Å². The molecule has 0 radical (unpaired) electrons. The van der Waals surface area contributed by atoms with Gasteiger partial charge in [0.15, 0.2) is 0 Å². The Labute approximate surface area is 115 Å². The monoisotopic (exact) mass is 271 g/mol. The van der Waals surface area contributed by atoms with E-state index >= 15 is 0 Å². The van der Waals surface area contributed by atoms with E-state index in [4.69, 9.17) is 11.6 Å². The van der Waals surface area contributed by atoms with Gasteiger partial charge in [0.05, 0.1) is 5.69 Å². The van der Waals surface area contributed by atoms with Crippen LogP contribution in [0.15, 0.2) is 18.2 Å². The highest BCUT2D eigenvalue weighted by Gasteiger charge is 2.01. The first kappa shape index (κ1) is 15.3. The van der Waals surface area contributed by atoms with Gasteiger partial charge in [-0.1, -0.05) is 57.0 Å². The number of halogens is 2. The van der Waals surface area contributed by atoms with Crippen LogP contribution >= 0.6 is 11.6 Å². The van der Waals surface area contributed by atoms with Gasteiger partial charge in [-0.15, -0.1) is 0 Å². The van der Waals surface area contributed by atoms with Gasteiger partial charge in [0.1, 0.15) is 5.82 Å². The van der Waals surface area contributed by atoms with Crippen LogP contribution in [0.5, 0.6) is 0 Å². The molecule has 1 aromatic rings. The lowest BCUT2D eigenvalue weighted by Gasteiger charge is -2.07. The Morgan fingerprint density at radius 3 is 2.44 bits per heavy atom. The maximum absolute atomic E-state index is 13.4. The minimum absolute atomic E-state index is 0.234. The van der Waals surface area contributed by atoms with E-state index < -0.39 is 0 Å². The van der Waals surface area contributed by atoms with Crippen LogP contribution in [-0.4, -0.2) is 6.54 Å². The number of anilines is 1. The standard InChI is InChI=1S/C15H23ClFN/c1-2-3-4-5-6-7-8-11-18-15-12-13(16)9-10-14(15)17/h9-10,12,18H,2-8,11H2,1H3. The van der Waals surface area contributed by atoms with Crippen LogP contribution in [0.4, 0.5) is 10.1 Å². The average molecular weight is 272 g/mol. The van der Waals surface area contributed by atoms with Crippen molar-refractivity contribution in [3.05, 3.63) is 29.0 Å². The molecule has 0 fully saturated rings. The minimum Gasteiger partial charge on any atom is -0.383 e.